The Labute approximate surface area is 116 Å². The third-order valence-electron chi connectivity index (χ3n) is 2.63. The first-order valence-electron chi connectivity index (χ1n) is 6.22. The number of benzene rings is 1. The SMILES string of the molecule is CCCNCc1ncn(Cc2cc(Cl)ccc2F)n1. The van der Waals surface area contributed by atoms with Gasteiger partial charge in [-0.25, -0.2) is 14.1 Å². The summed E-state index contributed by atoms with van der Waals surface area (Å²) in [4.78, 5) is 4.17. The van der Waals surface area contributed by atoms with Crippen LogP contribution in [0.25, 0.3) is 0 Å². The van der Waals surface area contributed by atoms with Crippen LogP contribution < -0.4 is 5.32 Å². The lowest BCUT2D eigenvalue weighted by Gasteiger charge is -2.03. The second-order valence-electron chi connectivity index (χ2n) is 4.27. The van der Waals surface area contributed by atoms with E-state index in [1.54, 1.807) is 17.1 Å². The molecule has 0 radical (unpaired) electrons. The maximum absolute atomic E-state index is 13.6. The minimum atomic E-state index is -0.287. The summed E-state index contributed by atoms with van der Waals surface area (Å²) >= 11 is 5.85. The molecule has 1 heterocycles. The number of hydrogen-bond acceptors (Lipinski definition) is 3. The van der Waals surface area contributed by atoms with Crippen molar-refractivity contribution in [2.45, 2.75) is 26.4 Å². The van der Waals surface area contributed by atoms with Gasteiger partial charge in [0.25, 0.3) is 0 Å². The number of aromatic nitrogens is 3. The third-order valence-corrected chi connectivity index (χ3v) is 2.87. The van der Waals surface area contributed by atoms with E-state index >= 15 is 0 Å². The molecule has 102 valence electrons. The molecule has 2 aromatic rings. The first-order valence-corrected chi connectivity index (χ1v) is 6.60. The van der Waals surface area contributed by atoms with Gasteiger partial charge in [0, 0.05) is 10.6 Å². The van der Waals surface area contributed by atoms with Crippen molar-refractivity contribution in [3.05, 3.63) is 46.8 Å². The standard InChI is InChI=1S/C13H16ClFN4/c1-2-5-16-7-13-17-9-19(18-13)8-10-6-11(14)3-4-12(10)15/h3-4,6,9,16H,2,5,7-8H2,1H3. The van der Waals surface area contributed by atoms with Crippen molar-refractivity contribution in [3.63, 3.8) is 0 Å². The van der Waals surface area contributed by atoms with Crippen LogP contribution in [0.3, 0.4) is 0 Å². The van der Waals surface area contributed by atoms with Crippen molar-refractivity contribution in [2.75, 3.05) is 6.54 Å². The summed E-state index contributed by atoms with van der Waals surface area (Å²) in [6.07, 6.45) is 2.66. The van der Waals surface area contributed by atoms with E-state index in [1.807, 2.05) is 0 Å². The maximum Gasteiger partial charge on any atom is 0.164 e. The smallest absolute Gasteiger partial charge is 0.164 e. The fraction of sp³-hybridized carbons (Fsp3) is 0.385. The molecule has 1 aromatic heterocycles. The van der Waals surface area contributed by atoms with Crippen molar-refractivity contribution >= 4 is 11.6 Å². The molecule has 0 saturated carbocycles. The molecule has 0 unspecified atom stereocenters. The fourth-order valence-corrected chi connectivity index (χ4v) is 1.90. The van der Waals surface area contributed by atoms with Crippen LogP contribution in [0.15, 0.2) is 24.5 Å². The Morgan fingerprint density at radius 2 is 2.26 bits per heavy atom. The molecule has 0 atom stereocenters. The van der Waals surface area contributed by atoms with Crippen molar-refractivity contribution < 1.29 is 4.39 Å². The lowest BCUT2D eigenvalue weighted by Crippen LogP contribution is -2.15. The van der Waals surface area contributed by atoms with Crippen molar-refractivity contribution in [1.29, 1.82) is 0 Å². The van der Waals surface area contributed by atoms with Crippen molar-refractivity contribution in [1.82, 2.24) is 20.1 Å². The third kappa shape index (κ3) is 4.01. The summed E-state index contributed by atoms with van der Waals surface area (Å²) in [5.74, 6) is 0.418. The van der Waals surface area contributed by atoms with Gasteiger partial charge >= 0.3 is 0 Å². The quantitative estimate of drug-likeness (QED) is 0.828. The van der Waals surface area contributed by atoms with Crippen LogP contribution in [0.1, 0.15) is 24.7 Å². The van der Waals surface area contributed by atoms with E-state index < -0.39 is 0 Å². The summed E-state index contributed by atoms with van der Waals surface area (Å²) in [5, 5.41) is 8.01. The molecule has 0 aliphatic rings. The van der Waals surface area contributed by atoms with Crippen molar-refractivity contribution in [3.8, 4) is 0 Å². The molecule has 19 heavy (non-hydrogen) atoms. The van der Waals surface area contributed by atoms with Crippen LogP contribution in [-0.2, 0) is 13.1 Å². The summed E-state index contributed by atoms with van der Waals surface area (Å²) in [5.41, 5.74) is 0.505. The highest BCUT2D eigenvalue weighted by atomic mass is 35.5. The van der Waals surface area contributed by atoms with Crippen LogP contribution in [0.4, 0.5) is 4.39 Å². The normalized spacial score (nSPS) is 10.9. The zero-order chi connectivity index (χ0) is 13.7. The second kappa shape index (κ2) is 6.63. The van der Waals surface area contributed by atoms with Crippen LogP contribution >= 0.6 is 11.6 Å². The Kier molecular flexibility index (Phi) is 4.87. The first-order chi connectivity index (χ1) is 9.19. The zero-order valence-corrected chi connectivity index (χ0v) is 11.5. The number of hydrogen-bond donors (Lipinski definition) is 1. The molecule has 4 nitrogen and oxygen atoms in total. The molecule has 0 spiro atoms. The van der Waals surface area contributed by atoms with Gasteiger partial charge in [-0.15, -0.1) is 0 Å². The van der Waals surface area contributed by atoms with E-state index in [0.29, 0.717) is 29.5 Å². The van der Waals surface area contributed by atoms with Gasteiger partial charge in [-0.1, -0.05) is 18.5 Å². The molecule has 0 aliphatic carbocycles. The monoisotopic (exact) mass is 282 g/mol. The van der Waals surface area contributed by atoms with E-state index in [2.05, 4.69) is 22.3 Å². The van der Waals surface area contributed by atoms with Gasteiger partial charge in [0.15, 0.2) is 5.82 Å². The molecule has 2 rings (SSSR count). The van der Waals surface area contributed by atoms with Gasteiger partial charge in [-0.2, -0.15) is 5.10 Å². The summed E-state index contributed by atoms with van der Waals surface area (Å²) < 4.78 is 15.2. The minimum Gasteiger partial charge on any atom is -0.310 e. The number of nitrogens with zero attached hydrogens (tertiary/aromatic N) is 3. The highest BCUT2D eigenvalue weighted by molar-refractivity contribution is 6.30. The average Bonchev–Trinajstić information content (AvgIpc) is 2.82. The Bertz CT molecular complexity index is 541. The van der Waals surface area contributed by atoms with E-state index in [9.17, 15) is 4.39 Å². The predicted molar refractivity (Wildman–Crippen MR) is 72.5 cm³/mol. The Balaban J connectivity index is 2.01. The fourth-order valence-electron chi connectivity index (χ4n) is 1.71. The van der Waals surface area contributed by atoms with Gasteiger partial charge < -0.3 is 5.32 Å². The highest BCUT2D eigenvalue weighted by Gasteiger charge is 2.06. The molecule has 0 amide bonds. The molecule has 6 heteroatoms. The minimum absolute atomic E-state index is 0.287. The van der Waals surface area contributed by atoms with Gasteiger partial charge in [0.1, 0.15) is 12.1 Å². The molecule has 1 N–H and O–H groups in total. The maximum atomic E-state index is 13.6. The first kappa shape index (κ1) is 14.0. The predicted octanol–water partition coefficient (Wildman–Crippen LogP) is 2.62. The van der Waals surface area contributed by atoms with E-state index in [-0.39, 0.29) is 5.82 Å². The molecule has 0 fully saturated rings. The van der Waals surface area contributed by atoms with E-state index in [1.165, 1.54) is 12.1 Å². The largest absolute Gasteiger partial charge is 0.310 e. The molecular weight excluding hydrogens is 267 g/mol. The summed E-state index contributed by atoms with van der Waals surface area (Å²) in [7, 11) is 0. The van der Waals surface area contributed by atoms with E-state index in [4.69, 9.17) is 11.6 Å². The van der Waals surface area contributed by atoms with Gasteiger partial charge in [0.05, 0.1) is 13.1 Å². The summed E-state index contributed by atoms with van der Waals surface area (Å²) in [6, 6.07) is 4.49. The van der Waals surface area contributed by atoms with E-state index in [0.717, 1.165) is 13.0 Å². The molecule has 1 aromatic carbocycles. The van der Waals surface area contributed by atoms with Crippen LogP contribution in [0.5, 0.6) is 0 Å². The van der Waals surface area contributed by atoms with Gasteiger partial charge in [-0.05, 0) is 31.2 Å². The van der Waals surface area contributed by atoms with Crippen molar-refractivity contribution in [2.24, 2.45) is 0 Å². The van der Waals surface area contributed by atoms with Crippen LogP contribution in [-0.4, -0.2) is 21.3 Å². The Morgan fingerprint density at radius 1 is 1.42 bits per heavy atom. The van der Waals surface area contributed by atoms with Gasteiger partial charge in [-0.3, -0.25) is 0 Å². The Hall–Kier alpha value is -1.46. The molecule has 0 saturated heterocycles. The highest BCUT2D eigenvalue weighted by Crippen LogP contribution is 2.15. The van der Waals surface area contributed by atoms with Crippen LogP contribution in [0, 0.1) is 5.82 Å². The lowest BCUT2D eigenvalue weighted by atomic mass is 10.2. The average molecular weight is 283 g/mol. The number of rotatable bonds is 6. The molecule has 0 bridgehead atoms. The summed E-state index contributed by atoms with van der Waals surface area (Å²) in [6.45, 7) is 3.98. The molecular formula is C13H16ClFN4. The zero-order valence-electron chi connectivity index (χ0n) is 10.7. The second-order valence-corrected chi connectivity index (χ2v) is 4.71. The number of nitrogens with one attached hydrogen (secondary N) is 1. The van der Waals surface area contributed by atoms with Crippen LogP contribution in [0.2, 0.25) is 5.02 Å². The van der Waals surface area contributed by atoms with Gasteiger partial charge in [0.2, 0.25) is 0 Å². The topological polar surface area (TPSA) is 42.7 Å². The molecule has 0 aliphatic heterocycles. The Morgan fingerprint density at radius 3 is 3.05 bits per heavy atom. The lowest BCUT2D eigenvalue weighted by molar-refractivity contribution is 0.578. The number of halogens is 2.